The van der Waals surface area contributed by atoms with Crippen LogP contribution in [0.3, 0.4) is 0 Å². The van der Waals surface area contributed by atoms with E-state index in [4.69, 9.17) is 23.7 Å². The molecule has 42 heavy (non-hydrogen) atoms. The van der Waals surface area contributed by atoms with E-state index in [-0.39, 0.29) is 30.5 Å². The summed E-state index contributed by atoms with van der Waals surface area (Å²) in [6, 6.07) is 0. The third-order valence-electron chi connectivity index (χ3n) is 9.72. The maximum atomic E-state index is 10.9. The van der Waals surface area contributed by atoms with Crippen molar-refractivity contribution < 1.29 is 74.7 Å². The molecule has 244 valence electrons. The third-order valence-corrected chi connectivity index (χ3v) is 9.72. The summed E-state index contributed by atoms with van der Waals surface area (Å²) in [5, 5.41) is 102. The molecule has 15 heteroatoms. The van der Waals surface area contributed by atoms with Crippen molar-refractivity contribution in [3.8, 4) is 0 Å². The molecule has 15 nitrogen and oxygen atoms in total. The summed E-state index contributed by atoms with van der Waals surface area (Å²) in [4.78, 5) is 0. The Morgan fingerprint density at radius 3 is 1.88 bits per heavy atom. The first kappa shape index (κ1) is 32.8. The van der Waals surface area contributed by atoms with Crippen molar-refractivity contribution in [1.29, 1.82) is 0 Å². The van der Waals surface area contributed by atoms with Gasteiger partial charge < -0.3 is 74.7 Å². The third kappa shape index (κ3) is 6.66. The van der Waals surface area contributed by atoms with E-state index in [1.165, 1.54) is 0 Å². The minimum absolute atomic E-state index is 0.0720. The predicted molar refractivity (Wildman–Crippen MR) is 137 cm³/mol. The molecule has 5 aliphatic rings. The number of rotatable bonds is 7. The van der Waals surface area contributed by atoms with Crippen molar-refractivity contribution >= 4 is 0 Å². The maximum Gasteiger partial charge on any atom is 0.187 e. The van der Waals surface area contributed by atoms with E-state index in [9.17, 15) is 51.1 Å². The summed E-state index contributed by atoms with van der Waals surface area (Å²) in [6.07, 6.45) is -15.5. The van der Waals surface area contributed by atoms with Gasteiger partial charge in [-0.3, -0.25) is 0 Å². The molecule has 0 aromatic carbocycles. The molecule has 5 fully saturated rings. The van der Waals surface area contributed by atoms with E-state index in [1.54, 1.807) is 0 Å². The zero-order chi connectivity index (χ0) is 30.3. The Balaban J connectivity index is 1.30. The van der Waals surface area contributed by atoms with Crippen LogP contribution in [0.15, 0.2) is 0 Å². The number of aliphatic hydroxyl groups is 10. The van der Waals surface area contributed by atoms with Gasteiger partial charge in [0, 0.05) is 12.3 Å². The lowest BCUT2D eigenvalue weighted by molar-refractivity contribution is -0.376. The van der Waals surface area contributed by atoms with Gasteiger partial charge in [-0.05, 0) is 44.4 Å². The largest absolute Gasteiger partial charge is 0.394 e. The molecule has 18 atom stereocenters. The minimum atomic E-state index is -1.78. The highest BCUT2D eigenvalue weighted by atomic mass is 16.8. The van der Waals surface area contributed by atoms with Crippen molar-refractivity contribution in [2.24, 2.45) is 11.8 Å². The van der Waals surface area contributed by atoms with E-state index < -0.39 is 99.0 Å². The van der Waals surface area contributed by atoms with E-state index in [2.05, 4.69) is 0 Å². The van der Waals surface area contributed by atoms with E-state index in [0.717, 1.165) is 6.42 Å². The molecule has 8 unspecified atom stereocenters. The second kappa shape index (κ2) is 13.8. The Labute approximate surface area is 243 Å². The number of ether oxygens (including phenoxy) is 5. The molecular formula is C27H46O15. The lowest BCUT2D eigenvalue weighted by Crippen LogP contribution is -2.65. The first-order chi connectivity index (χ1) is 20.0. The second-order valence-electron chi connectivity index (χ2n) is 12.5. The van der Waals surface area contributed by atoms with Crippen molar-refractivity contribution in [2.45, 2.75) is 143 Å². The van der Waals surface area contributed by atoms with Crippen LogP contribution in [0.4, 0.5) is 0 Å². The zero-order valence-electron chi connectivity index (χ0n) is 23.3. The molecule has 10 N–H and O–H groups in total. The van der Waals surface area contributed by atoms with E-state index in [1.807, 2.05) is 0 Å². The van der Waals surface area contributed by atoms with Gasteiger partial charge in [0.25, 0.3) is 0 Å². The molecule has 0 bridgehead atoms. The van der Waals surface area contributed by atoms with Crippen LogP contribution in [0.2, 0.25) is 0 Å². The molecule has 3 aliphatic heterocycles. The fourth-order valence-corrected chi connectivity index (χ4v) is 7.22. The summed E-state index contributed by atoms with van der Waals surface area (Å²) < 4.78 is 29.7. The van der Waals surface area contributed by atoms with Crippen molar-refractivity contribution in [3.05, 3.63) is 0 Å². The van der Waals surface area contributed by atoms with Gasteiger partial charge in [-0.15, -0.1) is 0 Å². The molecule has 2 aliphatic carbocycles. The molecule has 3 saturated heterocycles. The molecule has 3 heterocycles. The van der Waals surface area contributed by atoms with Crippen LogP contribution in [-0.2, 0) is 23.7 Å². The summed E-state index contributed by atoms with van der Waals surface area (Å²) in [6.45, 7) is -1.36. The highest BCUT2D eigenvalue weighted by Crippen LogP contribution is 2.43. The van der Waals surface area contributed by atoms with Gasteiger partial charge in [0.05, 0.1) is 49.8 Å². The Morgan fingerprint density at radius 2 is 1.21 bits per heavy atom. The first-order valence-corrected chi connectivity index (χ1v) is 15.0. The normalized spacial score (nSPS) is 53.9. The monoisotopic (exact) mass is 610 g/mol. The van der Waals surface area contributed by atoms with Gasteiger partial charge in [-0.2, -0.15) is 0 Å². The number of hydrogen-bond donors (Lipinski definition) is 10. The second-order valence-corrected chi connectivity index (χ2v) is 12.5. The highest BCUT2D eigenvalue weighted by molar-refractivity contribution is 4.97. The predicted octanol–water partition coefficient (Wildman–Crippen LogP) is -4.16. The molecule has 0 radical (unpaired) electrons. The van der Waals surface area contributed by atoms with Crippen molar-refractivity contribution in [2.75, 3.05) is 13.2 Å². The highest BCUT2D eigenvalue weighted by Gasteiger charge is 2.53. The fourth-order valence-electron chi connectivity index (χ4n) is 7.22. The van der Waals surface area contributed by atoms with Gasteiger partial charge >= 0.3 is 0 Å². The quantitative estimate of drug-likeness (QED) is 0.131. The zero-order valence-corrected chi connectivity index (χ0v) is 23.3. The summed E-state index contributed by atoms with van der Waals surface area (Å²) >= 11 is 0. The number of fused-ring (bicyclic) bond motifs is 1. The van der Waals surface area contributed by atoms with Crippen molar-refractivity contribution in [3.63, 3.8) is 0 Å². The summed E-state index contributed by atoms with van der Waals surface area (Å²) in [5.41, 5.74) is 0. The Kier molecular flexibility index (Phi) is 10.8. The lowest BCUT2D eigenvalue weighted by Gasteiger charge is -2.50. The standard InChI is InChI=1S/C27H46O15/c28-8-18-20(33)22(35)24(37)26(40-18)42-25-23(36)21(34)19(9-29)41-27(25)39-17-7-11(30)6-16-12(17)2-4-15(38-16)10-1-3-13(31)14(32)5-10/h10-37H,1-9H2/t10?,11?,12?,13?,14?,15?,16?,17?,18-,19-,20-,21-,22-,23+,24-,25-,26-,27-/m1/s1. The molecule has 0 spiro atoms. The molecule has 0 aromatic rings. The molecular weight excluding hydrogens is 564 g/mol. The van der Waals surface area contributed by atoms with Crippen LogP contribution in [0, 0.1) is 11.8 Å². The molecule has 5 rings (SSSR count). The van der Waals surface area contributed by atoms with Gasteiger partial charge in [0.1, 0.15) is 48.8 Å². The fraction of sp³-hybridized carbons (Fsp3) is 1.00. The maximum absolute atomic E-state index is 10.9. The van der Waals surface area contributed by atoms with E-state index >= 15 is 0 Å². The lowest BCUT2D eigenvalue weighted by atomic mass is 9.73. The Bertz CT molecular complexity index is 865. The van der Waals surface area contributed by atoms with Crippen molar-refractivity contribution in [1.82, 2.24) is 0 Å². The SMILES string of the molecule is OC[C@H]1O[C@H](O[C@H]2[C@H](OC3CC(O)CC4OC(C5CCC(O)C(O)C5)CCC43)O[C@H](CO)[C@@H](O)[C@@H]2O)[C@H](O)[C@H](O)[C@@H]1O. The number of aliphatic hydroxyl groups excluding tert-OH is 10. The average Bonchev–Trinajstić information content (AvgIpc) is 2.97. The molecule has 0 amide bonds. The van der Waals surface area contributed by atoms with Crippen LogP contribution in [0.5, 0.6) is 0 Å². The van der Waals surface area contributed by atoms with Crippen LogP contribution < -0.4 is 0 Å². The number of hydrogen-bond acceptors (Lipinski definition) is 15. The van der Waals surface area contributed by atoms with Gasteiger partial charge in [0.2, 0.25) is 0 Å². The van der Waals surface area contributed by atoms with Crippen LogP contribution >= 0.6 is 0 Å². The Morgan fingerprint density at radius 1 is 0.548 bits per heavy atom. The van der Waals surface area contributed by atoms with Crippen LogP contribution in [0.1, 0.15) is 44.9 Å². The molecule has 2 saturated carbocycles. The van der Waals surface area contributed by atoms with Crippen LogP contribution in [-0.4, -0.2) is 162 Å². The Hall–Kier alpha value is -0.600. The van der Waals surface area contributed by atoms with E-state index in [0.29, 0.717) is 32.1 Å². The summed E-state index contributed by atoms with van der Waals surface area (Å²) in [7, 11) is 0. The van der Waals surface area contributed by atoms with Gasteiger partial charge in [-0.1, -0.05) is 0 Å². The summed E-state index contributed by atoms with van der Waals surface area (Å²) in [5.74, 6) is -0.112. The molecule has 0 aromatic heterocycles. The minimum Gasteiger partial charge on any atom is -0.394 e. The van der Waals surface area contributed by atoms with Gasteiger partial charge in [-0.25, -0.2) is 0 Å². The van der Waals surface area contributed by atoms with Crippen LogP contribution in [0.25, 0.3) is 0 Å². The average molecular weight is 611 g/mol. The smallest absolute Gasteiger partial charge is 0.187 e. The van der Waals surface area contributed by atoms with Gasteiger partial charge in [0.15, 0.2) is 12.6 Å². The first-order valence-electron chi connectivity index (χ1n) is 15.0. The topological polar surface area (TPSA) is 248 Å².